The maximum atomic E-state index is 10.7. The topological polar surface area (TPSA) is 131 Å². The third kappa shape index (κ3) is 6.09. The number of hydrogen-bond donors (Lipinski definition) is 3. The van der Waals surface area contributed by atoms with E-state index < -0.39 is 10.9 Å². The third-order valence-electron chi connectivity index (χ3n) is 4.07. The summed E-state index contributed by atoms with van der Waals surface area (Å²) in [6.07, 6.45) is 0. The van der Waals surface area contributed by atoms with Crippen molar-refractivity contribution in [2.24, 2.45) is 5.73 Å². The number of anilines is 2. The van der Waals surface area contributed by atoms with Crippen molar-refractivity contribution in [1.29, 1.82) is 0 Å². The Morgan fingerprint density at radius 2 is 1.79 bits per heavy atom. The first kappa shape index (κ1) is 22.0. The van der Waals surface area contributed by atoms with Gasteiger partial charge in [-0.15, -0.1) is 11.3 Å². The number of aromatic nitrogens is 1. The normalized spacial score (nSPS) is 11.2. The number of hydrogen-bond acceptors (Lipinski definition) is 7. The summed E-state index contributed by atoms with van der Waals surface area (Å²) in [7, 11) is 0. The Labute approximate surface area is 172 Å². The first-order valence-electron chi connectivity index (χ1n) is 8.71. The van der Waals surface area contributed by atoms with Crippen molar-refractivity contribution >= 4 is 33.8 Å². The zero-order chi connectivity index (χ0) is 21.6. The number of nitrogens with zero attached hydrogens (tertiary/aromatic N) is 2. The first-order chi connectivity index (χ1) is 13.7. The van der Waals surface area contributed by atoms with E-state index in [1.54, 1.807) is 12.1 Å². The molecule has 2 aromatic carbocycles. The highest BCUT2D eigenvalue weighted by Crippen LogP contribution is 2.26. The zero-order valence-electron chi connectivity index (χ0n) is 16.2. The van der Waals surface area contributed by atoms with Crippen molar-refractivity contribution in [2.75, 3.05) is 5.32 Å². The van der Waals surface area contributed by atoms with Gasteiger partial charge in [0.05, 0.1) is 4.92 Å². The Bertz CT molecular complexity index is 980. The van der Waals surface area contributed by atoms with Crippen LogP contribution >= 0.6 is 11.3 Å². The van der Waals surface area contributed by atoms with Crippen molar-refractivity contribution in [3.05, 3.63) is 80.3 Å². The lowest BCUT2D eigenvalue weighted by Gasteiger charge is -2.09. The molecule has 0 unspecified atom stereocenters. The Balaban J connectivity index is 0.000000221. The highest BCUT2D eigenvalue weighted by molar-refractivity contribution is 7.14. The van der Waals surface area contributed by atoms with Crippen LogP contribution < -0.4 is 11.1 Å². The maximum absolute atomic E-state index is 10.7. The van der Waals surface area contributed by atoms with Crippen molar-refractivity contribution < 1.29 is 14.8 Å². The molecule has 0 spiro atoms. The molecule has 29 heavy (non-hydrogen) atoms. The van der Waals surface area contributed by atoms with Gasteiger partial charge in [-0.25, -0.2) is 9.78 Å². The van der Waals surface area contributed by atoms with Crippen molar-refractivity contribution in [3.63, 3.8) is 0 Å². The molecule has 1 atom stereocenters. The molecule has 0 amide bonds. The van der Waals surface area contributed by atoms with Gasteiger partial charge >= 0.3 is 5.97 Å². The number of carbonyl (C=O) groups is 1. The summed E-state index contributed by atoms with van der Waals surface area (Å²) in [5, 5.41) is 24.3. The quantitative estimate of drug-likeness (QED) is 0.403. The second-order valence-corrected chi connectivity index (χ2v) is 7.23. The molecule has 8 nitrogen and oxygen atoms in total. The van der Waals surface area contributed by atoms with Crippen LogP contribution in [-0.2, 0) is 0 Å². The maximum Gasteiger partial charge on any atom is 0.355 e. The van der Waals surface area contributed by atoms with E-state index in [2.05, 4.69) is 10.3 Å². The highest BCUT2D eigenvalue weighted by Gasteiger charge is 2.10. The molecule has 1 heterocycles. The van der Waals surface area contributed by atoms with Crippen LogP contribution in [0.25, 0.3) is 0 Å². The Hall–Kier alpha value is -3.30. The monoisotopic (exact) mass is 414 g/mol. The number of benzene rings is 2. The number of nitrogens with two attached hydrogens (primary N) is 1. The van der Waals surface area contributed by atoms with E-state index in [-0.39, 0.29) is 17.4 Å². The number of rotatable bonds is 5. The van der Waals surface area contributed by atoms with Gasteiger partial charge in [0.2, 0.25) is 0 Å². The smallest absolute Gasteiger partial charge is 0.355 e. The van der Waals surface area contributed by atoms with Crippen molar-refractivity contribution in [2.45, 2.75) is 26.8 Å². The Morgan fingerprint density at radius 1 is 1.21 bits per heavy atom. The SMILES string of the molecule is C[C@@H](N)c1ccc([N+](=O)[O-])cc1.Cc1cccc(C)c1Nc1nc(C(=O)O)cs1. The van der Waals surface area contributed by atoms with E-state index in [9.17, 15) is 14.9 Å². The highest BCUT2D eigenvalue weighted by atomic mass is 32.1. The standard InChI is InChI=1S/C12H12N2O2S.C8H10N2O2/c1-7-4-3-5-8(2)10(7)14-12-13-9(6-17-12)11(15)16;1-6(9)7-2-4-8(5-3-7)10(11)12/h3-6H,1-2H3,(H,13,14)(H,15,16);2-6H,9H2,1H3/t;6-/m.1/s1. The average Bonchev–Trinajstić information content (AvgIpc) is 3.14. The largest absolute Gasteiger partial charge is 0.476 e. The summed E-state index contributed by atoms with van der Waals surface area (Å²) in [6, 6.07) is 12.2. The second kappa shape index (κ2) is 9.76. The van der Waals surface area contributed by atoms with Crippen LogP contribution in [0.2, 0.25) is 0 Å². The number of nitro groups is 1. The van der Waals surface area contributed by atoms with Gasteiger partial charge in [-0.05, 0) is 37.5 Å². The summed E-state index contributed by atoms with van der Waals surface area (Å²) in [6.45, 7) is 5.84. The van der Waals surface area contributed by atoms with Crippen LogP contribution in [-0.4, -0.2) is 21.0 Å². The lowest BCUT2D eigenvalue weighted by Crippen LogP contribution is -2.04. The number of aryl methyl sites for hydroxylation is 2. The lowest BCUT2D eigenvalue weighted by molar-refractivity contribution is -0.384. The number of thiazole rings is 1. The lowest BCUT2D eigenvalue weighted by atomic mass is 10.1. The van der Waals surface area contributed by atoms with E-state index in [1.807, 2.05) is 39.0 Å². The molecule has 0 aliphatic rings. The summed E-state index contributed by atoms with van der Waals surface area (Å²) in [4.78, 5) is 24.5. The van der Waals surface area contributed by atoms with Crippen molar-refractivity contribution in [1.82, 2.24) is 4.98 Å². The Kier molecular flexibility index (Phi) is 7.40. The summed E-state index contributed by atoms with van der Waals surface area (Å²) in [5.41, 5.74) is 9.84. The van der Waals surface area contributed by atoms with Crippen LogP contribution in [0.5, 0.6) is 0 Å². The number of carboxylic acid groups (broad SMARTS) is 1. The van der Waals surface area contributed by atoms with Crippen LogP contribution in [0, 0.1) is 24.0 Å². The molecule has 1 aromatic heterocycles. The van der Waals surface area contributed by atoms with E-state index in [0.717, 1.165) is 22.4 Å². The molecule has 3 aromatic rings. The fourth-order valence-corrected chi connectivity index (χ4v) is 3.14. The van der Waals surface area contributed by atoms with Crippen molar-refractivity contribution in [3.8, 4) is 0 Å². The van der Waals surface area contributed by atoms with Crippen LogP contribution in [0.15, 0.2) is 47.8 Å². The van der Waals surface area contributed by atoms with E-state index >= 15 is 0 Å². The van der Waals surface area contributed by atoms with E-state index in [0.29, 0.717) is 5.13 Å². The van der Waals surface area contributed by atoms with Gasteiger partial charge < -0.3 is 16.2 Å². The van der Waals surface area contributed by atoms with Crippen LogP contribution in [0.4, 0.5) is 16.5 Å². The number of nitro benzene ring substituents is 1. The minimum absolute atomic E-state index is 0.0729. The molecule has 0 saturated heterocycles. The average molecular weight is 414 g/mol. The third-order valence-corrected chi connectivity index (χ3v) is 4.82. The van der Waals surface area contributed by atoms with Crippen LogP contribution in [0.3, 0.4) is 0 Å². The van der Waals surface area contributed by atoms with Gasteiger partial charge in [-0.1, -0.05) is 30.3 Å². The van der Waals surface area contributed by atoms with E-state index in [4.69, 9.17) is 10.8 Å². The number of para-hydroxylation sites is 1. The number of carboxylic acids is 1. The minimum atomic E-state index is -1.00. The molecule has 0 aliphatic carbocycles. The van der Waals surface area contributed by atoms with Gasteiger partial charge in [0.25, 0.3) is 5.69 Å². The van der Waals surface area contributed by atoms with Gasteiger partial charge in [0.15, 0.2) is 10.8 Å². The fraction of sp³-hybridized carbons (Fsp3) is 0.200. The molecule has 0 bridgehead atoms. The van der Waals surface area contributed by atoms with Gasteiger partial charge in [0.1, 0.15) is 0 Å². The van der Waals surface area contributed by atoms with Gasteiger partial charge in [-0.3, -0.25) is 10.1 Å². The summed E-state index contributed by atoms with van der Waals surface area (Å²) >= 11 is 1.29. The molecule has 0 fully saturated rings. The van der Waals surface area contributed by atoms with Gasteiger partial charge in [-0.2, -0.15) is 0 Å². The molecule has 152 valence electrons. The van der Waals surface area contributed by atoms with Gasteiger partial charge in [0, 0.05) is 29.2 Å². The zero-order valence-corrected chi connectivity index (χ0v) is 17.1. The molecule has 0 aliphatic heterocycles. The fourth-order valence-electron chi connectivity index (χ4n) is 2.45. The molecule has 4 N–H and O–H groups in total. The molecule has 9 heteroatoms. The molecular weight excluding hydrogens is 392 g/mol. The second-order valence-electron chi connectivity index (χ2n) is 6.37. The number of nitrogens with one attached hydrogen (secondary N) is 1. The van der Waals surface area contributed by atoms with E-state index in [1.165, 1.54) is 28.8 Å². The molecule has 3 rings (SSSR count). The predicted molar refractivity (Wildman–Crippen MR) is 114 cm³/mol. The summed E-state index contributed by atoms with van der Waals surface area (Å²) < 4.78 is 0. The Morgan fingerprint density at radius 3 is 2.24 bits per heavy atom. The molecular formula is C20H22N4O4S. The predicted octanol–water partition coefficient (Wildman–Crippen LogP) is 4.82. The molecule has 0 radical (unpaired) electrons. The summed E-state index contributed by atoms with van der Waals surface area (Å²) in [5.74, 6) is -1.00. The number of non-ortho nitro benzene ring substituents is 1. The first-order valence-corrected chi connectivity index (χ1v) is 9.59. The van der Waals surface area contributed by atoms with Crippen LogP contribution in [0.1, 0.15) is 40.1 Å². The minimum Gasteiger partial charge on any atom is -0.476 e. The number of aromatic carboxylic acids is 1. The molecule has 0 saturated carbocycles.